The van der Waals surface area contributed by atoms with Gasteiger partial charge < -0.3 is 14.7 Å². The largest absolute Gasteiger partial charge is 0.360 e. The molecule has 1 aromatic heterocycles. The number of likely N-dealkylation sites (tertiary alicyclic amines) is 1. The number of carbonyl (C=O) groups is 2. The van der Waals surface area contributed by atoms with E-state index in [9.17, 15) is 9.59 Å². The van der Waals surface area contributed by atoms with Gasteiger partial charge in [-0.15, -0.1) is 0 Å². The number of aromatic nitrogens is 1. The Bertz CT molecular complexity index is 590. The number of piperidine rings is 1. The van der Waals surface area contributed by atoms with E-state index in [1.807, 2.05) is 18.7 Å². The molecule has 0 radical (unpaired) electrons. The molecule has 1 saturated carbocycles. The van der Waals surface area contributed by atoms with Crippen LogP contribution in [-0.2, 0) is 4.79 Å². The van der Waals surface area contributed by atoms with Gasteiger partial charge in [-0.25, -0.2) is 0 Å². The molecule has 1 saturated heterocycles. The minimum Gasteiger partial charge on any atom is -0.360 e. The molecule has 2 amide bonds. The summed E-state index contributed by atoms with van der Waals surface area (Å²) in [6, 6.07) is 1.75. The second-order valence-corrected chi connectivity index (χ2v) is 7.34. The van der Waals surface area contributed by atoms with Gasteiger partial charge in [-0.05, 0) is 38.5 Å². The highest BCUT2D eigenvalue weighted by Gasteiger charge is 2.34. The monoisotopic (exact) mass is 333 g/mol. The number of nitrogens with one attached hydrogen (secondary N) is 1. The highest BCUT2D eigenvalue weighted by atomic mass is 16.5. The summed E-state index contributed by atoms with van der Waals surface area (Å²) in [5.74, 6) is 1.04. The van der Waals surface area contributed by atoms with Gasteiger partial charge in [-0.1, -0.05) is 19.0 Å². The van der Waals surface area contributed by atoms with Crippen LogP contribution in [0.5, 0.6) is 0 Å². The van der Waals surface area contributed by atoms with Crippen molar-refractivity contribution in [3.8, 4) is 0 Å². The zero-order valence-corrected chi connectivity index (χ0v) is 14.6. The summed E-state index contributed by atoms with van der Waals surface area (Å²) in [6.07, 6.45) is 5.90. The molecule has 2 fully saturated rings. The first kappa shape index (κ1) is 17.0. The van der Waals surface area contributed by atoms with Gasteiger partial charge in [0, 0.05) is 37.0 Å². The molecule has 2 aliphatic rings. The van der Waals surface area contributed by atoms with Gasteiger partial charge in [-0.3, -0.25) is 9.59 Å². The van der Waals surface area contributed by atoms with Gasteiger partial charge in [-0.2, -0.15) is 0 Å². The number of hydrogen-bond donors (Lipinski definition) is 1. The lowest BCUT2D eigenvalue weighted by molar-refractivity contribution is -0.136. The smallest absolute Gasteiger partial charge is 0.273 e. The number of carbonyl (C=O) groups excluding carboxylic acids is 2. The van der Waals surface area contributed by atoms with E-state index >= 15 is 0 Å². The van der Waals surface area contributed by atoms with E-state index in [4.69, 9.17) is 4.52 Å². The van der Waals surface area contributed by atoms with Gasteiger partial charge in [0.05, 0.1) is 0 Å². The fourth-order valence-electron chi connectivity index (χ4n) is 3.64. The Labute approximate surface area is 142 Å². The molecule has 132 valence electrons. The Hall–Kier alpha value is -1.85. The molecular formula is C18H27N3O3. The van der Waals surface area contributed by atoms with E-state index in [2.05, 4.69) is 10.5 Å². The van der Waals surface area contributed by atoms with Crippen LogP contribution in [0.2, 0.25) is 0 Å². The van der Waals surface area contributed by atoms with Crippen molar-refractivity contribution in [1.29, 1.82) is 0 Å². The molecule has 1 aromatic rings. The lowest BCUT2D eigenvalue weighted by Crippen LogP contribution is -2.40. The normalized spacial score (nSPS) is 24.4. The molecule has 3 rings (SSSR count). The second kappa shape index (κ2) is 7.36. The fourth-order valence-corrected chi connectivity index (χ4v) is 3.64. The molecular weight excluding hydrogens is 306 g/mol. The maximum atomic E-state index is 12.6. The lowest BCUT2D eigenvalue weighted by atomic mass is 10.0. The lowest BCUT2D eigenvalue weighted by Gasteiger charge is -2.29. The van der Waals surface area contributed by atoms with Crippen molar-refractivity contribution in [2.45, 2.75) is 64.3 Å². The van der Waals surface area contributed by atoms with Crippen LogP contribution >= 0.6 is 0 Å². The molecule has 2 atom stereocenters. The Morgan fingerprint density at radius 2 is 2.00 bits per heavy atom. The van der Waals surface area contributed by atoms with E-state index in [0.717, 1.165) is 45.2 Å². The zero-order chi connectivity index (χ0) is 17.1. The van der Waals surface area contributed by atoms with Gasteiger partial charge in [0.1, 0.15) is 5.76 Å². The Kier molecular flexibility index (Phi) is 5.21. The summed E-state index contributed by atoms with van der Waals surface area (Å²) < 4.78 is 5.18. The van der Waals surface area contributed by atoms with Gasteiger partial charge in [0.2, 0.25) is 5.91 Å². The van der Waals surface area contributed by atoms with E-state index < -0.39 is 0 Å². The Morgan fingerprint density at radius 1 is 1.25 bits per heavy atom. The minimum absolute atomic E-state index is 0.0513. The van der Waals surface area contributed by atoms with Gasteiger partial charge in [0.15, 0.2) is 5.69 Å². The Balaban J connectivity index is 1.51. The highest BCUT2D eigenvalue weighted by Crippen LogP contribution is 2.28. The fraction of sp³-hybridized carbons (Fsp3) is 0.722. The molecule has 0 unspecified atom stereocenters. The van der Waals surface area contributed by atoms with Crippen LogP contribution in [0.4, 0.5) is 0 Å². The number of rotatable bonds is 4. The average Bonchev–Trinajstić information content (AvgIpc) is 3.24. The van der Waals surface area contributed by atoms with Crippen molar-refractivity contribution in [3.05, 3.63) is 17.5 Å². The van der Waals surface area contributed by atoms with Crippen LogP contribution in [0.25, 0.3) is 0 Å². The average molecular weight is 333 g/mol. The SMILES string of the molecule is CC(C)c1cc(C(=O)N[C@H]2CC[C@@H](C(=O)N3CCCCC3)C2)no1. The molecule has 0 bridgehead atoms. The molecule has 6 nitrogen and oxygen atoms in total. The standard InChI is InChI=1S/C18H27N3O3/c1-12(2)16-11-15(20-24-16)17(22)19-14-7-6-13(10-14)18(23)21-8-4-3-5-9-21/h11-14H,3-10H2,1-2H3,(H,19,22)/t13-,14+/m1/s1. The number of hydrogen-bond acceptors (Lipinski definition) is 4. The van der Waals surface area contributed by atoms with Crippen LogP contribution in [0, 0.1) is 5.92 Å². The maximum absolute atomic E-state index is 12.6. The molecule has 0 aromatic carbocycles. The molecule has 1 aliphatic carbocycles. The molecule has 2 heterocycles. The van der Waals surface area contributed by atoms with E-state index in [1.54, 1.807) is 6.07 Å². The van der Waals surface area contributed by atoms with E-state index in [0.29, 0.717) is 11.5 Å². The maximum Gasteiger partial charge on any atom is 0.273 e. The molecule has 1 aliphatic heterocycles. The van der Waals surface area contributed by atoms with Crippen LogP contribution < -0.4 is 5.32 Å². The second-order valence-electron chi connectivity index (χ2n) is 7.34. The van der Waals surface area contributed by atoms with Crippen LogP contribution in [0.3, 0.4) is 0 Å². The summed E-state index contributed by atoms with van der Waals surface area (Å²) in [4.78, 5) is 26.9. The minimum atomic E-state index is -0.207. The third kappa shape index (κ3) is 3.79. The number of nitrogens with zero attached hydrogens (tertiary/aromatic N) is 2. The molecule has 6 heteroatoms. The summed E-state index contributed by atoms with van der Waals surface area (Å²) in [6.45, 7) is 5.78. The molecule has 0 spiro atoms. The summed E-state index contributed by atoms with van der Waals surface area (Å²) >= 11 is 0. The van der Waals surface area contributed by atoms with Crippen molar-refractivity contribution in [3.63, 3.8) is 0 Å². The Morgan fingerprint density at radius 3 is 2.67 bits per heavy atom. The third-order valence-corrected chi connectivity index (χ3v) is 5.11. The van der Waals surface area contributed by atoms with Crippen LogP contribution in [0.15, 0.2) is 10.6 Å². The summed E-state index contributed by atoms with van der Waals surface area (Å²) in [5.41, 5.74) is 0.324. The topological polar surface area (TPSA) is 75.4 Å². The van der Waals surface area contributed by atoms with Crippen LogP contribution in [0.1, 0.15) is 74.5 Å². The zero-order valence-electron chi connectivity index (χ0n) is 14.6. The highest BCUT2D eigenvalue weighted by molar-refractivity contribution is 5.92. The van der Waals surface area contributed by atoms with Gasteiger partial charge >= 0.3 is 0 Å². The van der Waals surface area contributed by atoms with E-state index in [1.165, 1.54) is 6.42 Å². The van der Waals surface area contributed by atoms with Gasteiger partial charge in [0.25, 0.3) is 5.91 Å². The van der Waals surface area contributed by atoms with Crippen LogP contribution in [-0.4, -0.2) is 41.0 Å². The third-order valence-electron chi connectivity index (χ3n) is 5.11. The first-order valence-corrected chi connectivity index (χ1v) is 9.11. The predicted octanol–water partition coefficient (Wildman–Crippen LogP) is 2.71. The van der Waals surface area contributed by atoms with Crippen molar-refractivity contribution >= 4 is 11.8 Å². The van der Waals surface area contributed by atoms with Crippen molar-refractivity contribution in [2.75, 3.05) is 13.1 Å². The van der Waals surface area contributed by atoms with Crippen molar-refractivity contribution in [2.24, 2.45) is 5.92 Å². The van der Waals surface area contributed by atoms with Crippen molar-refractivity contribution < 1.29 is 14.1 Å². The van der Waals surface area contributed by atoms with Crippen molar-refractivity contribution in [1.82, 2.24) is 15.4 Å². The summed E-state index contributed by atoms with van der Waals surface area (Å²) in [5, 5.41) is 6.85. The summed E-state index contributed by atoms with van der Waals surface area (Å²) in [7, 11) is 0. The quantitative estimate of drug-likeness (QED) is 0.919. The van der Waals surface area contributed by atoms with E-state index in [-0.39, 0.29) is 29.7 Å². The molecule has 1 N–H and O–H groups in total. The predicted molar refractivity (Wildman–Crippen MR) is 89.6 cm³/mol. The molecule has 24 heavy (non-hydrogen) atoms. The first-order valence-electron chi connectivity index (χ1n) is 9.11. The first-order chi connectivity index (χ1) is 11.5. The number of amides is 2.